The number of imidazole rings is 1. The second-order valence-electron chi connectivity index (χ2n) is 4.63. The van der Waals surface area contributed by atoms with Gasteiger partial charge in [0.25, 0.3) is 5.91 Å². The predicted molar refractivity (Wildman–Crippen MR) is 78.6 cm³/mol. The third-order valence-electron chi connectivity index (χ3n) is 3.19. The molecule has 6 nitrogen and oxygen atoms in total. The fourth-order valence-corrected chi connectivity index (χ4v) is 2.21. The lowest BCUT2D eigenvalue weighted by Crippen LogP contribution is -2.16. The standard InChI is InChI=1S/C15H13FN4O2/c1-9-13(15(21)19-12-6-5-10(16)8-17-12)20-7-3-4-11(22-2)14(20)18-9/h3-8H,1-2H3,(H,17,19,21). The van der Waals surface area contributed by atoms with Crippen molar-refractivity contribution in [1.29, 1.82) is 0 Å². The number of rotatable bonds is 3. The van der Waals surface area contributed by atoms with Gasteiger partial charge in [0.15, 0.2) is 11.4 Å². The molecule has 0 unspecified atom stereocenters. The monoisotopic (exact) mass is 300 g/mol. The molecule has 3 heterocycles. The lowest BCUT2D eigenvalue weighted by molar-refractivity contribution is 0.102. The molecular formula is C15H13FN4O2. The first-order valence-electron chi connectivity index (χ1n) is 6.54. The quantitative estimate of drug-likeness (QED) is 0.806. The summed E-state index contributed by atoms with van der Waals surface area (Å²) in [6.45, 7) is 1.74. The van der Waals surface area contributed by atoms with E-state index in [0.29, 0.717) is 22.8 Å². The Morgan fingerprint density at radius 2 is 2.18 bits per heavy atom. The van der Waals surface area contributed by atoms with Crippen molar-refractivity contribution in [2.24, 2.45) is 0 Å². The van der Waals surface area contributed by atoms with Crippen molar-refractivity contribution in [2.75, 3.05) is 12.4 Å². The summed E-state index contributed by atoms with van der Waals surface area (Å²) in [4.78, 5) is 20.6. The number of amides is 1. The van der Waals surface area contributed by atoms with Crippen molar-refractivity contribution < 1.29 is 13.9 Å². The lowest BCUT2D eigenvalue weighted by Gasteiger charge is -2.06. The first-order valence-corrected chi connectivity index (χ1v) is 6.54. The van der Waals surface area contributed by atoms with Crippen LogP contribution in [0.3, 0.4) is 0 Å². The van der Waals surface area contributed by atoms with Gasteiger partial charge in [-0.15, -0.1) is 0 Å². The maximum atomic E-state index is 12.9. The van der Waals surface area contributed by atoms with Crippen molar-refractivity contribution >= 4 is 17.4 Å². The predicted octanol–water partition coefficient (Wildman–Crippen LogP) is 2.44. The van der Waals surface area contributed by atoms with Crippen LogP contribution in [-0.4, -0.2) is 27.4 Å². The number of aromatic nitrogens is 3. The Bertz CT molecular complexity index is 843. The van der Waals surface area contributed by atoms with Crippen LogP contribution >= 0.6 is 0 Å². The lowest BCUT2D eigenvalue weighted by atomic mass is 10.3. The Labute approximate surface area is 125 Å². The topological polar surface area (TPSA) is 68.5 Å². The number of ether oxygens (including phenoxy) is 1. The van der Waals surface area contributed by atoms with Crippen LogP contribution in [-0.2, 0) is 0 Å². The molecule has 0 aliphatic heterocycles. The van der Waals surface area contributed by atoms with Crippen LogP contribution in [0.25, 0.3) is 5.65 Å². The zero-order chi connectivity index (χ0) is 15.7. The largest absolute Gasteiger partial charge is 0.493 e. The highest BCUT2D eigenvalue weighted by Crippen LogP contribution is 2.22. The van der Waals surface area contributed by atoms with E-state index in [4.69, 9.17) is 4.74 Å². The highest BCUT2D eigenvalue weighted by atomic mass is 19.1. The average Bonchev–Trinajstić information content (AvgIpc) is 2.85. The molecular weight excluding hydrogens is 287 g/mol. The molecule has 0 spiro atoms. The molecule has 0 aliphatic carbocycles. The van der Waals surface area contributed by atoms with Crippen molar-refractivity contribution in [2.45, 2.75) is 6.92 Å². The second kappa shape index (κ2) is 5.44. The number of halogens is 1. The average molecular weight is 300 g/mol. The van der Waals surface area contributed by atoms with Crippen LogP contribution in [0.15, 0.2) is 36.7 Å². The van der Waals surface area contributed by atoms with E-state index in [1.54, 1.807) is 36.8 Å². The number of hydrogen-bond donors (Lipinski definition) is 1. The minimum atomic E-state index is -0.464. The van der Waals surface area contributed by atoms with Crippen LogP contribution in [0.2, 0.25) is 0 Å². The van der Waals surface area contributed by atoms with Crippen molar-refractivity contribution in [1.82, 2.24) is 14.4 Å². The van der Waals surface area contributed by atoms with E-state index in [2.05, 4.69) is 15.3 Å². The highest BCUT2D eigenvalue weighted by Gasteiger charge is 2.19. The number of anilines is 1. The second-order valence-corrected chi connectivity index (χ2v) is 4.63. The molecule has 3 aromatic heterocycles. The summed E-state index contributed by atoms with van der Waals surface area (Å²) in [6, 6.07) is 6.16. The molecule has 0 aliphatic rings. The van der Waals surface area contributed by atoms with Gasteiger partial charge in [0.1, 0.15) is 17.3 Å². The van der Waals surface area contributed by atoms with Gasteiger partial charge < -0.3 is 10.1 Å². The van der Waals surface area contributed by atoms with Gasteiger partial charge in [-0.3, -0.25) is 9.20 Å². The molecule has 22 heavy (non-hydrogen) atoms. The van der Waals surface area contributed by atoms with Gasteiger partial charge in [-0.25, -0.2) is 14.4 Å². The van der Waals surface area contributed by atoms with Gasteiger partial charge in [-0.1, -0.05) is 0 Å². The molecule has 0 aromatic carbocycles. The number of carbonyl (C=O) groups is 1. The Kier molecular flexibility index (Phi) is 3.46. The Hall–Kier alpha value is -2.96. The normalized spacial score (nSPS) is 10.7. The van der Waals surface area contributed by atoms with E-state index in [1.807, 2.05) is 0 Å². The van der Waals surface area contributed by atoms with Crippen molar-refractivity contribution in [3.8, 4) is 5.75 Å². The fraction of sp³-hybridized carbons (Fsp3) is 0.133. The number of hydrogen-bond acceptors (Lipinski definition) is 4. The minimum absolute atomic E-state index is 0.267. The van der Waals surface area contributed by atoms with Crippen LogP contribution < -0.4 is 10.1 Å². The summed E-state index contributed by atoms with van der Waals surface area (Å²) in [5.74, 6) is -0.000664. The van der Waals surface area contributed by atoms with E-state index in [1.165, 1.54) is 12.1 Å². The molecule has 3 rings (SSSR count). The molecule has 112 valence electrons. The Balaban J connectivity index is 2.00. The number of fused-ring (bicyclic) bond motifs is 1. The van der Waals surface area contributed by atoms with Crippen LogP contribution in [0.1, 0.15) is 16.2 Å². The first-order chi connectivity index (χ1) is 10.6. The van der Waals surface area contributed by atoms with Gasteiger partial charge in [-0.05, 0) is 31.2 Å². The molecule has 1 N–H and O–H groups in total. The van der Waals surface area contributed by atoms with E-state index in [0.717, 1.165) is 6.20 Å². The molecule has 0 bridgehead atoms. The molecule has 0 saturated heterocycles. The summed E-state index contributed by atoms with van der Waals surface area (Å²) in [5, 5.41) is 2.62. The number of methoxy groups -OCH3 is 1. The van der Waals surface area contributed by atoms with Crippen molar-refractivity contribution in [3.05, 3.63) is 53.9 Å². The van der Waals surface area contributed by atoms with E-state index < -0.39 is 5.82 Å². The minimum Gasteiger partial charge on any atom is -0.493 e. The summed E-state index contributed by atoms with van der Waals surface area (Å²) in [6.07, 6.45) is 2.77. The van der Waals surface area contributed by atoms with Crippen LogP contribution in [0, 0.1) is 12.7 Å². The van der Waals surface area contributed by atoms with E-state index in [-0.39, 0.29) is 11.7 Å². The fourth-order valence-electron chi connectivity index (χ4n) is 2.21. The first kappa shape index (κ1) is 14.0. The van der Waals surface area contributed by atoms with Gasteiger partial charge in [0.2, 0.25) is 0 Å². The summed E-state index contributed by atoms with van der Waals surface area (Å²) in [7, 11) is 1.54. The zero-order valence-electron chi connectivity index (χ0n) is 12.0. The molecule has 0 fully saturated rings. The highest BCUT2D eigenvalue weighted by molar-refractivity contribution is 6.04. The van der Waals surface area contributed by atoms with E-state index >= 15 is 0 Å². The van der Waals surface area contributed by atoms with Crippen molar-refractivity contribution in [3.63, 3.8) is 0 Å². The Morgan fingerprint density at radius 3 is 2.86 bits per heavy atom. The molecule has 1 amide bonds. The van der Waals surface area contributed by atoms with E-state index in [9.17, 15) is 9.18 Å². The molecule has 0 radical (unpaired) electrons. The van der Waals surface area contributed by atoms with Crippen LogP contribution in [0.4, 0.5) is 10.2 Å². The smallest absolute Gasteiger partial charge is 0.275 e. The molecule has 7 heteroatoms. The SMILES string of the molecule is COc1cccn2c(C(=O)Nc3ccc(F)cn3)c(C)nc12. The van der Waals surface area contributed by atoms with Gasteiger partial charge in [0.05, 0.1) is 19.0 Å². The number of nitrogens with one attached hydrogen (secondary N) is 1. The number of carbonyl (C=O) groups excluding carboxylic acids is 1. The number of aryl methyl sites for hydroxylation is 1. The third kappa shape index (κ3) is 2.37. The van der Waals surface area contributed by atoms with Gasteiger partial charge >= 0.3 is 0 Å². The maximum Gasteiger partial charge on any atom is 0.275 e. The summed E-state index contributed by atoms with van der Waals surface area (Å²) in [5.41, 5.74) is 1.49. The van der Waals surface area contributed by atoms with Gasteiger partial charge in [-0.2, -0.15) is 0 Å². The zero-order valence-corrected chi connectivity index (χ0v) is 12.0. The molecule has 0 atom stereocenters. The number of pyridine rings is 2. The summed E-state index contributed by atoms with van der Waals surface area (Å²) < 4.78 is 19.7. The molecule has 3 aromatic rings. The number of nitrogens with zero attached hydrogens (tertiary/aromatic N) is 3. The maximum absolute atomic E-state index is 12.9. The summed E-state index contributed by atoms with van der Waals surface area (Å²) >= 11 is 0. The third-order valence-corrected chi connectivity index (χ3v) is 3.19. The van der Waals surface area contributed by atoms with Crippen LogP contribution in [0.5, 0.6) is 5.75 Å². The molecule has 0 saturated carbocycles. The Morgan fingerprint density at radius 1 is 1.36 bits per heavy atom. The van der Waals surface area contributed by atoms with Gasteiger partial charge in [0, 0.05) is 6.20 Å².